The van der Waals surface area contributed by atoms with Crippen molar-refractivity contribution in [2.75, 3.05) is 0 Å². The SMILES string of the molecule is CCCC[C@@H](C)C[C@H](O)/C=C/[C@H]1[C@H](O)CC(=O)[C@@H]1CCCC/C=C/C(=O)O. The van der Waals surface area contributed by atoms with Gasteiger partial charge in [0.05, 0.1) is 12.2 Å². The Kier molecular flexibility index (Phi) is 11.2. The van der Waals surface area contributed by atoms with E-state index in [1.54, 1.807) is 12.2 Å². The van der Waals surface area contributed by atoms with Crippen LogP contribution in [0.15, 0.2) is 24.3 Å². The monoisotopic (exact) mass is 380 g/mol. The van der Waals surface area contributed by atoms with E-state index in [4.69, 9.17) is 5.11 Å². The number of ketones is 1. The molecule has 0 aromatic carbocycles. The van der Waals surface area contributed by atoms with Gasteiger partial charge in [-0.3, -0.25) is 4.79 Å². The van der Waals surface area contributed by atoms with Crippen LogP contribution in [0.3, 0.4) is 0 Å². The minimum absolute atomic E-state index is 0.0871. The van der Waals surface area contributed by atoms with Crippen LogP contribution in [0.4, 0.5) is 0 Å². The van der Waals surface area contributed by atoms with E-state index in [1.807, 2.05) is 6.08 Å². The summed E-state index contributed by atoms with van der Waals surface area (Å²) in [7, 11) is 0. The zero-order valence-corrected chi connectivity index (χ0v) is 16.7. The Bertz CT molecular complexity index is 511. The van der Waals surface area contributed by atoms with E-state index in [-0.39, 0.29) is 24.0 Å². The summed E-state index contributed by atoms with van der Waals surface area (Å²) in [6, 6.07) is 0. The molecule has 0 amide bonds. The number of carboxylic acid groups (broad SMARTS) is 1. The van der Waals surface area contributed by atoms with Gasteiger partial charge in [-0.15, -0.1) is 0 Å². The second-order valence-electron chi connectivity index (χ2n) is 7.88. The second kappa shape index (κ2) is 12.8. The zero-order chi connectivity index (χ0) is 20.2. The molecule has 0 radical (unpaired) electrons. The third-order valence-electron chi connectivity index (χ3n) is 5.38. The lowest BCUT2D eigenvalue weighted by molar-refractivity contribution is -0.131. The number of aliphatic hydroxyl groups is 2. The van der Waals surface area contributed by atoms with Crippen LogP contribution in [0.1, 0.15) is 71.6 Å². The maximum atomic E-state index is 12.2. The van der Waals surface area contributed by atoms with Crippen LogP contribution in [0.5, 0.6) is 0 Å². The molecular formula is C22H36O5. The molecule has 0 aromatic rings. The smallest absolute Gasteiger partial charge is 0.327 e. The number of aliphatic hydroxyl groups excluding tert-OH is 2. The Labute approximate surface area is 163 Å². The fourth-order valence-electron chi connectivity index (χ4n) is 3.82. The van der Waals surface area contributed by atoms with E-state index in [9.17, 15) is 19.8 Å². The summed E-state index contributed by atoms with van der Waals surface area (Å²) in [4.78, 5) is 22.6. The first-order chi connectivity index (χ1) is 12.8. The van der Waals surface area contributed by atoms with Crippen LogP contribution < -0.4 is 0 Å². The summed E-state index contributed by atoms with van der Waals surface area (Å²) in [5.41, 5.74) is 0. The van der Waals surface area contributed by atoms with Gasteiger partial charge < -0.3 is 15.3 Å². The highest BCUT2D eigenvalue weighted by atomic mass is 16.4. The maximum Gasteiger partial charge on any atom is 0.327 e. The molecule has 0 bridgehead atoms. The molecule has 1 aliphatic rings. The highest BCUT2D eigenvalue weighted by molar-refractivity contribution is 5.84. The van der Waals surface area contributed by atoms with Gasteiger partial charge >= 0.3 is 5.97 Å². The van der Waals surface area contributed by atoms with Gasteiger partial charge in [-0.1, -0.05) is 57.8 Å². The van der Waals surface area contributed by atoms with Gasteiger partial charge in [0.1, 0.15) is 5.78 Å². The van der Waals surface area contributed by atoms with Gasteiger partial charge in [-0.2, -0.15) is 0 Å². The molecule has 3 N–H and O–H groups in total. The number of hydrogen-bond acceptors (Lipinski definition) is 4. The lowest BCUT2D eigenvalue weighted by atomic mass is 9.88. The first-order valence-corrected chi connectivity index (χ1v) is 10.3. The van der Waals surface area contributed by atoms with Crippen LogP contribution in [0, 0.1) is 17.8 Å². The molecule has 27 heavy (non-hydrogen) atoms. The average Bonchev–Trinajstić information content (AvgIpc) is 2.87. The number of Topliss-reactive ketones (excluding diaryl/α,β-unsaturated/α-hetero) is 1. The largest absolute Gasteiger partial charge is 0.478 e. The number of aliphatic carboxylic acids is 1. The summed E-state index contributed by atoms with van der Waals surface area (Å²) in [6.07, 6.45) is 12.4. The predicted octanol–water partition coefficient (Wildman–Crippen LogP) is 3.89. The number of rotatable bonds is 13. The number of unbranched alkanes of at least 4 members (excludes halogenated alkanes) is 3. The van der Waals surface area contributed by atoms with Gasteiger partial charge in [0, 0.05) is 24.3 Å². The van der Waals surface area contributed by atoms with Gasteiger partial charge in [-0.05, 0) is 31.6 Å². The minimum Gasteiger partial charge on any atom is -0.478 e. The molecule has 1 rings (SSSR count). The van der Waals surface area contributed by atoms with Crippen molar-refractivity contribution in [3.63, 3.8) is 0 Å². The van der Waals surface area contributed by atoms with Crippen molar-refractivity contribution in [1.82, 2.24) is 0 Å². The fraction of sp³-hybridized carbons (Fsp3) is 0.727. The van der Waals surface area contributed by atoms with Crippen LogP contribution in [0.2, 0.25) is 0 Å². The third kappa shape index (κ3) is 9.34. The minimum atomic E-state index is -0.947. The lowest BCUT2D eigenvalue weighted by Crippen LogP contribution is -2.19. The Morgan fingerprint density at radius 1 is 1.30 bits per heavy atom. The number of carboxylic acids is 1. The van der Waals surface area contributed by atoms with Crippen LogP contribution >= 0.6 is 0 Å². The molecule has 154 valence electrons. The van der Waals surface area contributed by atoms with E-state index < -0.39 is 18.2 Å². The third-order valence-corrected chi connectivity index (χ3v) is 5.38. The molecule has 1 fully saturated rings. The van der Waals surface area contributed by atoms with Gasteiger partial charge in [0.15, 0.2) is 0 Å². The van der Waals surface area contributed by atoms with Crippen molar-refractivity contribution in [3.8, 4) is 0 Å². The molecule has 5 nitrogen and oxygen atoms in total. The standard InChI is InChI=1S/C22H36O5/c1-3-4-9-16(2)14-17(23)12-13-19-18(20(24)15-21(19)25)10-7-5-6-8-11-22(26)27/h8,11-13,16-19,21,23,25H,3-7,9-10,14-15H2,1-2H3,(H,26,27)/b11-8+,13-12+/t16-,17-,18-,19-,21-/m1/s1. The summed E-state index contributed by atoms with van der Waals surface area (Å²) < 4.78 is 0. The van der Waals surface area contributed by atoms with Crippen molar-refractivity contribution >= 4 is 11.8 Å². The summed E-state index contributed by atoms with van der Waals surface area (Å²) in [5, 5.41) is 29.0. The van der Waals surface area contributed by atoms with Gasteiger partial charge in [-0.25, -0.2) is 4.79 Å². The molecule has 0 spiro atoms. The molecule has 0 heterocycles. The quantitative estimate of drug-likeness (QED) is 0.256. The van der Waals surface area contributed by atoms with E-state index in [0.717, 1.165) is 38.2 Å². The highest BCUT2D eigenvalue weighted by Gasteiger charge is 2.39. The van der Waals surface area contributed by atoms with E-state index in [0.29, 0.717) is 25.2 Å². The molecule has 0 saturated heterocycles. The van der Waals surface area contributed by atoms with Crippen LogP contribution in [-0.4, -0.2) is 39.3 Å². The Balaban J connectivity index is 2.47. The van der Waals surface area contributed by atoms with E-state index >= 15 is 0 Å². The van der Waals surface area contributed by atoms with E-state index in [2.05, 4.69) is 13.8 Å². The van der Waals surface area contributed by atoms with Crippen molar-refractivity contribution < 1.29 is 24.9 Å². The normalized spacial score (nSPS) is 25.5. The summed E-state index contributed by atoms with van der Waals surface area (Å²) >= 11 is 0. The number of carbonyl (C=O) groups excluding carboxylic acids is 1. The first kappa shape index (κ1) is 23.6. The fourth-order valence-corrected chi connectivity index (χ4v) is 3.82. The molecule has 5 heteroatoms. The Hall–Kier alpha value is -1.46. The van der Waals surface area contributed by atoms with Crippen molar-refractivity contribution in [2.24, 2.45) is 17.8 Å². The predicted molar refractivity (Wildman–Crippen MR) is 106 cm³/mol. The van der Waals surface area contributed by atoms with Crippen LogP contribution in [-0.2, 0) is 9.59 Å². The Morgan fingerprint density at radius 3 is 2.70 bits per heavy atom. The lowest BCUT2D eigenvalue weighted by Gasteiger charge is -2.18. The molecule has 1 aliphatic carbocycles. The van der Waals surface area contributed by atoms with E-state index in [1.165, 1.54) is 0 Å². The van der Waals surface area contributed by atoms with Crippen molar-refractivity contribution in [3.05, 3.63) is 24.3 Å². The average molecular weight is 381 g/mol. The summed E-state index contributed by atoms with van der Waals surface area (Å²) in [6.45, 7) is 4.30. The van der Waals surface area contributed by atoms with Crippen molar-refractivity contribution in [1.29, 1.82) is 0 Å². The van der Waals surface area contributed by atoms with Gasteiger partial charge in [0.2, 0.25) is 0 Å². The molecule has 5 atom stereocenters. The number of carbonyl (C=O) groups is 2. The first-order valence-electron chi connectivity index (χ1n) is 10.3. The Morgan fingerprint density at radius 2 is 2.04 bits per heavy atom. The number of allylic oxidation sites excluding steroid dienone is 1. The topological polar surface area (TPSA) is 94.8 Å². The molecular weight excluding hydrogens is 344 g/mol. The zero-order valence-electron chi connectivity index (χ0n) is 16.7. The highest BCUT2D eigenvalue weighted by Crippen LogP contribution is 2.34. The molecule has 0 aliphatic heterocycles. The van der Waals surface area contributed by atoms with Crippen molar-refractivity contribution in [2.45, 2.75) is 83.8 Å². The second-order valence-corrected chi connectivity index (χ2v) is 7.88. The number of hydrogen-bond donors (Lipinski definition) is 3. The molecule has 0 unspecified atom stereocenters. The maximum absolute atomic E-state index is 12.2. The van der Waals surface area contributed by atoms with Crippen LogP contribution in [0.25, 0.3) is 0 Å². The summed E-state index contributed by atoms with van der Waals surface area (Å²) in [5.74, 6) is -0.840. The molecule has 0 aromatic heterocycles. The van der Waals surface area contributed by atoms with Gasteiger partial charge in [0.25, 0.3) is 0 Å². The molecule has 1 saturated carbocycles.